The van der Waals surface area contributed by atoms with E-state index in [1.807, 2.05) is 36.4 Å². The highest BCUT2D eigenvalue weighted by atomic mass is 32.1. The highest BCUT2D eigenvalue weighted by Crippen LogP contribution is 2.32. The van der Waals surface area contributed by atoms with Crippen LogP contribution in [0.25, 0.3) is 21.8 Å². The lowest BCUT2D eigenvalue weighted by Gasteiger charge is -2.02. The number of hydrogen-bond acceptors (Lipinski definition) is 3. The minimum Gasteiger partial charge on any atom is -0.398 e. The zero-order valence-corrected chi connectivity index (χ0v) is 11.4. The summed E-state index contributed by atoms with van der Waals surface area (Å²) in [5.41, 5.74) is 11.1. The zero-order valence-electron chi connectivity index (χ0n) is 10.6. The summed E-state index contributed by atoms with van der Waals surface area (Å²) in [7, 11) is 0. The molecule has 0 spiro atoms. The summed E-state index contributed by atoms with van der Waals surface area (Å²) >= 11 is 1.65. The maximum Gasteiger partial charge on any atom is 0.124 e. The molecule has 0 atom stereocenters. The van der Waals surface area contributed by atoms with Gasteiger partial charge >= 0.3 is 0 Å². The fourth-order valence-electron chi connectivity index (χ4n) is 2.06. The Morgan fingerprint density at radius 3 is 2.37 bits per heavy atom. The predicted molar refractivity (Wildman–Crippen MR) is 82.1 cm³/mol. The van der Waals surface area contributed by atoms with Crippen LogP contribution in [0.4, 0.5) is 5.69 Å². The molecule has 3 heteroatoms. The van der Waals surface area contributed by atoms with Crippen molar-refractivity contribution < 1.29 is 0 Å². The van der Waals surface area contributed by atoms with E-state index in [9.17, 15) is 0 Å². The monoisotopic (exact) mass is 266 g/mol. The Bertz CT molecular complexity index is 656. The van der Waals surface area contributed by atoms with E-state index in [1.165, 1.54) is 11.1 Å². The highest BCUT2D eigenvalue weighted by molar-refractivity contribution is 7.13. The first kappa shape index (κ1) is 11.9. The van der Waals surface area contributed by atoms with Crippen molar-refractivity contribution in [1.29, 1.82) is 0 Å². The van der Waals surface area contributed by atoms with Crippen LogP contribution in [-0.2, 0) is 0 Å². The Balaban J connectivity index is 2.06. The summed E-state index contributed by atoms with van der Waals surface area (Å²) in [4.78, 5) is 4.71. The topological polar surface area (TPSA) is 38.9 Å². The van der Waals surface area contributed by atoms with Gasteiger partial charge in [0.05, 0.1) is 5.69 Å². The largest absolute Gasteiger partial charge is 0.398 e. The summed E-state index contributed by atoms with van der Waals surface area (Å²) < 4.78 is 0. The van der Waals surface area contributed by atoms with E-state index in [-0.39, 0.29) is 0 Å². The Morgan fingerprint density at radius 2 is 1.63 bits per heavy atom. The molecule has 0 saturated carbocycles. The third kappa shape index (κ3) is 2.25. The number of benzene rings is 2. The minimum atomic E-state index is 0.768. The van der Waals surface area contributed by atoms with E-state index >= 15 is 0 Å². The molecule has 94 valence electrons. The van der Waals surface area contributed by atoms with Crippen molar-refractivity contribution in [2.75, 3.05) is 5.73 Å². The van der Waals surface area contributed by atoms with Gasteiger partial charge in [0.25, 0.3) is 0 Å². The van der Waals surface area contributed by atoms with Crippen molar-refractivity contribution in [1.82, 2.24) is 4.98 Å². The first-order valence-electron chi connectivity index (χ1n) is 6.12. The molecule has 0 aliphatic rings. The molecule has 0 aliphatic heterocycles. The maximum atomic E-state index is 6.00. The number of thiazole rings is 1. The third-order valence-corrected chi connectivity index (χ3v) is 3.99. The van der Waals surface area contributed by atoms with Gasteiger partial charge in [-0.15, -0.1) is 11.3 Å². The molecule has 0 radical (unpaired) electrons. The normalized spacial score (nSPS) is 10.6. The molecule has 3 aromatic rings. The first-order chi connectivity index (χ1) is 9.25. The van der Waals surface area contributed by atoms with Gasteiger partial charge in [-0.1, -0.05) is 42.5 Å². The molecule has 1 aromatic heterocycles. The molecule has 3 rings (SSSR count). The molecule has 1 heterocycles. The van der Waals surface area contributed by atoms with Crippen LogP contribution in [0.3, 0.4) is 0 Å². The van der Waals surface area contributed by atoms with Crippen molar-refractivity contribution in [2.24, 2.45) is 0 Å². The lowest BCUT2D eigenvalue weighted by Crippen LogP contribution is -1.89. The Kier molecular flexibility index (Phi) is 3.05. The van der Waals surface area contributed by atoms with E-state index < -0.39 is 0 Å². The number of hydrogen-bond donors (Lipinski definition) is 1. The molecule has 0 unspecified atom stereocenters. The predicted octanol–water partition coefficient (Wildman–Crippen LogP) is 4.37. The number of nitrogens with zero attached hydrogens (tertiary/aromatic N) is 1. The lowest BCUT2D eigenvalue weighted by molar-refractivity contribution is 1.37. The van der Waals surface area contributed by atoms with Gasteiger partial charge in [0, 0.05) is 22.2 Å². The molecule has 2 aromatic carbocycles. The van der Waals surface area contributed by atoms with Crippen molar-refractivity contribution in [3.8, 4) is 21.8 Å². The Morgan fingerprint density at radius 1 is 0.947 bits per heavy atom. The maximum absolute atomic E-state index is 6.00. The molecule has 2 N–H and O–H groups in total. The van der Waals surface area contributed by atoms with Gasteiger partial charge < -0.3 is 5.73 Å². The van der Waals surface area contributed by atoms with Crippen LogP contribution in [0.2, 0.25) is 0 Å². The van der Waals surface area contributed by atoms with E-state index in [0.717, 1.165) is 22.0 Å². The average Bonchev–Trinajstić information content (AvgIpc) is 2.89. The van der Waals surface area contributed by atoms with Gasteiger partial charge in [-0.25, -0.2) is 4.98 Å². The van der Waals surface area contributed by atoms with Crippen LogP contribution in [0.1, 0.15) is 5.56 Å². The molecule has 0 saturated heterocycles. The number of nitrogens with two attached hydrogens (primary N) is 1. The molecule has 19 heavy (non-hydrogen) atoms. The molecular formula is C16H14N2S. The summed E-state index contributed by atoms with van der Waals surface area (Å²) in [6.07, 6.45) is 0. The molecule has 0 aliphatic carbocycles. The second-order valence-corrected chi connectivity index (χ2v) is 5.30. The number of aromatic nitrogens is 1. The molecule has 0 amide bonds. The minimum absolute atomic E-state index is 0.768. The fourth-order valence-corrected chi connectivity index (χ4v) is 2.97. The van der Waals surface area contributed by atoms with E-state index in [2.05, 4.69) is 24.4 Å². The summed E-state index contributed by atoms with van der Waals surface area (Å²) in [6.45, 7) is 2.10. The number of rotatable bonds is 2. The number of anilines is 1. The Hall–Kier alpha value is -2.13. The van der Waals surface area contributed by atoms with Crippen molar-refractivity contribution in [3.05, 3.63) is 59.5 Å². The van der Waals surface area contributed by atoms with Crippen LogP contribution in [-0.4, -0.2) is 4.98 Å². The van der Waals surface area contributed by atoms with Crippen molar-refractivity contribution in [3.63, 3.8) is 0 Å². The quantitative estimate of drug-likeness (QED) is 0.700. The van der Waals surface area contributed by atoms with E-state index in [0.29, 0.717) is 0 Å². The van der Waals surface area contributed by atoms with Crippen LogP contribution in [0.5, 0.6) is 0 Å². The fraction of sp³-hybridized carbons (Fsp3) is 0.0625. The molecular weight excluding hydrogens is 252 g/mol. The molecule has 0 bridgehead atoms. The van der Waals surface area contributed by atoms with Crippen LogP contribution >= 0.6 is 11.3 Å². The van der Waals surface area contributed by atoms with E-state index in [4.69, 9.17) is 10.7 Å². The zero-order chi connectivity index (χ0) is 13.2. The molecule has 0 fully saturated rings. The second kappa shape index (κ2) is 4.86. The van der Waals surface area contributed by atoms with E-state index in [1.54, 1.807) is 11.3 Å². The average molecular weight is 266 g/mol. The smallest absolute Gasteiger partial charge is 0.124 e. The van der Waals surface area contributed by atoms with Crippen LogP contribution in [0.15, 0.2) is 53.9 Å². The van der Waals surface area contributed by atoms with Crippen molar-refractivity contribution >= 4 is 17.0 Å². The summed E-state index contributed by atoms with van der Waals surface area (Å²) in [5, 5.41) is 3.10. The highest BCUT2D eigenvalue weighted by Gasteiger charge is 2.09. The summed E-state index contributed by atoms with van der Waals surface area (Å²) in [5.74, 6) is 0. The van der Waals surface area contributed by atoms with Gasteiger partial charge in [-0.3, -0.25) is 0 Å². The SMILES string of the molecule is Cc1ccccc1-c1nc(-c2ccccc2N)cs1. The summed E-state index contributed by atoms with van der Waals surface area (Å²) in [6, 6.07) is 16.1. The van der Waals surface area contributed by atoms with Gasteiger partial charge in [0.15, 0.2) is 0 Å². The van der Waals surface area contributed by atoms with Gasteiger partial charge in [-0.05, 0) is 18.6 Å². The number of aryl methyl sites for hydroxylation is 1. The number of nitrogen functional groups attached to an aromatic ring is 1. The second-order valence-electron chi connectivity index (χ2n) is 4.44. The van der Waals surface area contributed by atoms with Crippen LogP contribution in [0, 0.1) is 6.92 Å². The Labute approximate surface area is 116 Å². The van der Waals surface area contributed by atoms with Crippen molar-refractivity contribution in [2.45, 2.75) is 6.92 Å². The molecule has 2 nitrogen and oxygen atoms in total. The lowest BCUT2D eigenvalue weighted by atomic mass is 10.1. The van der Waals surface area contributed by atoms with Gasteiger partial charge in [0.1, 0.15) is 5.01 Å². The first-order valence-corrected chi connectivity index (χ1v) is 7.00. The van der Waals surface area contributed by atoms with Gasteiger partial charge in [-0.2, -0.15) is 0 Å². The van der Waals surface area contributed by atoms with Gasteiger partial charge in [0.2, 0.25) is 0 Å². The van der Waals surface area contributed by atoms with Crippen LogP contribution < -0.4 is 5.73 Å². The number of para-hydroxylation sites is 1. The third-order valence-electron chi connectivity index (χ3n) is 3.12. The standard InChI is InChI=1S/C16H14N2S/c1-11-6-2-3-7-12(11)16-18-15(10-19-16)13-8-4-5-9-14(13)17/h2-10H,17H2,1H3.